The van der Waals surface area contributed by atoms with E-state index in [0.29, 0.717) is 0 Å². The number of hydrogen-bond donors (Lipinski definition) is 0. The lowest BCUT2D eigenvalue weighted by atomic mass is 9.98. The second-order valence-electron chi connectivity index (χ2n) is 15.6. The van der Waals surface area contributed by atoms with Crippen molar-refractivity contribution in [1.82, 2.24) is 4.57 Å². The lowest BCUT2D eigenvalue weighted by Crippen LogP contribution is -1.93. The van der Waals surface area contributed by atoms with Crippen LogP contribution in [-0.4, -0.2) is 4.57 Å². The molecule has 5 aromatic heterocycles. The summed E-state index contributed by atoms with van der Waals surface area (Å²) in [6.45, 7) is 0. The van der Waals surface area contributed by atoms with Gasteiger partial charge in [0, 0.05) is 59.5 Å². The van der Waals surface area contributed by atoms with E-state index < -0.39 is 0 Å². The fourth-order valence-electron chi connectivity index (χ4n) is 9.61. The Kier molecular flexibility index (Phi) is 5.96. The number of para-hydroxylation sites is 3. The van der Waals surface area contributed by atoms with E-state index >= 15 is 0 Å². The van der Waals surface area contributed by atoms with Crippen LogP contribution in [0, 0.1) is 0 Å². The Hall–Kier alpha value is -8.02. The average Bonchev–Trinajstić information content (AvgIpc) is 4.10. The molecule has 0 unspecified atom stereocenters. The molecule has 14 aromatic rings. The standard InChI is InChI=1S/C54H29NO4/c1-2-8-34(9-3-1)55-45-20-14-30(32-17-23-50-41(26-32)38-19-18-37-35-10-4-7-13-48(35)58-53(37)54(38)59-50)24-39(45)40-25-31(15-21-46(40)55)33-16-22-49-42(27-33)44-29-51-43(28-52(44)57-49)36-11-5-6-12-47(36)56-51/h1-29H. The molecule has 9 aromatic carbocycles. The Bertz CT molecular complexity index is 3990. The van der Waals surface area contributed by atoms with Gasteiger partial charge >= 0.3 is 0 Å². The first kappa shape index (κ1) is 31.1. The van der Waals surface area contributed by atoms with Gasteiger partial charge in [0.15, 0.2) is 11.2 Å². The highest BCUT2D eigenvalue weighted by Gasteiger charge is 2.19. The molecule has 5 heterocycles. The van der Waals surface area contributed by atoms with Crippen LogP contribution < -0.4 is 0 Å². The van der Waals surface area contributed by atoms with Crippen molar-refractivity contribution >= 4 is 110 Å². The van der Waals surface area contributed by atoms with Crippen molar-refractivity contribution in [3.63, 3.8) is 0 Å². The van der Waals surface area contributed by atoms with E-state index in [0.717, 1.165) is 127 Å². The van der Waals surface area contributed by atoms with Crippen molar-refractivity contribution in [3.05, 3.63) is 176 Å². The van der Waals surface area contributed by atoms with Gasteiger partial charge in [0.25, 0.3) is 0 Å². The fourth-order valence-corrected chi connectivity index (χ4v) is 9.61. The number of hydrogen-bond acceptors (Lipinski definition) is 4. The fraction of sp³-hybridized carbons (Fsp3) is 0. The molecule has 0 amide bonds. The Balaban J connectivity index is 0.941. The minimum atomic E-state index is 0.782. The molecule has 0 aliphatic heterocycles. The molecular formula is C54H29NO4. The average molecular weight is 756 g/mol. The van der Waals surface area contributed by atoms with Gasteiger partial charge in [-0.05, 0) is 119 Å². The predicted octanol–water partition coefficient (Wildman–Crippen LogP) is 15.7. The zero-order valence-corrected chi connectivity index (χ0v) is 31.3. The van der Waals surface area contributed by atoms with Gasteiger partial charge in [-0.2, -0.15) is 0 Å². The molecule has 0 saturated heterocycles. The van der Waals surface area contributed by atoms with Gasteiger partial charge in [-0.1, -0.05) is 78.9 Å². The van der Waals surface area contributed by atoms with Crippen LogP contribution in [-0.2, 0) is 0 Å². The number of nitrogens with zero attached hydrogens (tertiary/aromatic N) is 1. The maximum atomic E-state index is 6.49. The second-order valence-corrected chi connectivity index (χ2v) is 15.6. The Morgan fingerprint density at radius 2 is 0.661 bits per heavy atom. The van der Waals surface area contributed by atoms with Crippen LogP contribution in [0.25, 0.3) is 138 Å². The Labute approximate surface area is 334 Å². The zero-order valence-electron chi connectivity index (χ0n) is 31.3. The van der Waals surface area contributed by atoms with E-state index in [4.69, 9.17) is 17.7 Å². The minimum absolute atomic E-state index is 0.782. The Morgan fingerprint density at radius 1 is 0.254 bits per heavy atom. The summed E-state index contributed by atoms with van der Waals surface area (Å²) in [4.78, 5) is 0. The van der Waals surface area contributed by atoms with E-state index in [9.17, 15) is 0 Å². The second kappa shape index (κ2) is 11.3. The molecule has 0 spiro atoms. The molecule has 0 saturated carbocycles. The van der Waals surface area contributed by atoms with Crippen LogP contribution in [0.5, 0.6) is 0 Å². The van der Waals surface area contributed by atoms with Crippen molar-refractivity contribution in [2.24, 2.45) is 0 Å². The van der Waals surface area contributed by atoms with E-state index in [1.807, 2.05) is 36.4 Å². The maximum Gasteiger partial charge on any atom is 0.178 e. The summed E-state index contributed by atoms with van der Waals surface area (Å²) in [5.41, 5.74) is 14.7. The van der Waals surface area contributed by atoms with Gasteiger partial charge in [0.1, 0.15) is 33.5 Å². The van der Waals surface area contributed by atoms with Crippen LogP contribution in [0.3, 0.4) is 0 Å². The number of rotatable bonds is 3. The maximum absolute atomic E-state index is 6.49. The summed E-state index contributed by atoms with van der Waals surface area (Å²) in [6.07, 6.45) is 0. The first-order valence-electron chi connectivity index (χ1n) is 19.9. The summed E-state index contributed by atoms with van der Waals surface area (Å²) < 4.78 is 27.9. The molecule has 0 atom stereocenters. The topological polar surface area (TPSA) is 57.5 Å². The molecule has 0 aliphatic rings. The lowest BCUT2D eigenvalue weighted by molar-refractivity contribution is 0.633. The number of furan rings is 4. The highest BCUT2D eigenvalue weighted by Crippen LogP contribution is 2.43. The molecule has 0 N–H and O–H groups in total. The molecule has 0 radical (unpaired) electrons. The van der Waals surface area contributed by atoms with E-state index in [1.54, 1.807) is 0 Å². The molecule has 0 aliphatic carbocycles. The minimum Gasteiger partial charge on any atom is -0.456 e. The van der Waals surface area contributed by atoms with E-state index in [1.165, 1.54) is 10.8 Å². The van der Waals surface area contributed by atoms with Gasteiger partial charge in [-0.15, -0.1) is 0 Å². The SMILES string of the molecule is c1ccc(-n2c3ccc(-c4ccc5oc6cc7c(cc6c5c4)oc4ccccc47)cc3c3cc(-c4ccc5oc6c(ccc7c8ccccc8oc76)c5c4)ccc32)cc1. The number of aromatic nitrogens is 1. The van der Waals surface area contributed by atoms with Crippen LogP contribution in [0.2, 0.25) is 0 Å². The first-order valence-corrected chi connectivity index (χ1v) is 19.9. The molecule has 5 nitrogen and oxygen atoms in total. The number of fused-ring (bicyclic) bond motifs is 16. The third-order valence-electron chi connectivity index (χ3n) is 12.4. The Morgan fingerprint density at radius 3 is 1.27 bits per heavy atom. The number of benzene rings is 9. The van der Waals surface area contributed by atoms with Crippen LogP contribution in [0.1, 0.15) is 0 Å². The normalized spacial score (nSPS) is 12.4. The summed E-state index contributed by atoms with van der Waals surface area (Å²) in [5, 5.41) is 10.9. The van der Waals surface area contributed by atoms with E-state index in [-0.39, 0.29) is 0 Å². The summed E-state index contributed by atoms with van der Waals surface area (Å²) in [7, 11) is 0. The molecule has 5 heteroatoms. The molecule has 59 heavy (non-hydrogen) atoms. The zero-order chi connectivity index (χ0) is 38.3. The lowest BCUT2D eigenvalue weighted by Gasteiger charge is -2.08. The molecule has 274 valence electrons. The predicted molar refractivity (Wildman–Crippen MR) is 241 cm³/mol. The molecule has 0 fully saturated rings. The van der Waals surface area contributed by atoms with Gasteiger partial charge in [0.05, 0.1) is 11.0 Å². The monoisotopic (exact) mass is 755 g/mol. The van der Waals surface area contributed by atoms with Crippen LogP contribution in [0.4, 0.5) is 0 Å². The highest BCUT2D eigenvalue weighted by molar-refractivity contribution is 6.20. The largest absolute Gasteiger partial charge is 0.456 e. The summed E-state index contributed by atoms with van der Waals surface area (Å²) in [6, 6.07) is 62.2. The highest BCUT2D eigenvalue weighted by atomic mass is 16.4. The third kappa shape index (κ3) is 4.33. The first-order chi connectivity index (χ1) is 29.2. The van der Waals surface area contributed by atoms with Gasteiger partial charge in [0.2, 0.25) is 0 Å². The van der Waals surface area contributed by atoms with Crippen molar-refractivity contribution in [3.8, 4) is 27.9 Å². The quantitative estimate of drug-likeness (QED) is 0.180. The van der Waals surface area contributed by atoms with Crippen molar-refractivity contribution < 1.29 is 17.7 Å². The van der Waals surface area contributed by atoms with Gasteiger partial charge in [-0.25, -0.2) is 0 Å². The van der Waals surface area contributed by atoms with Crippen LogP contribution in [0.15, 0.2) is 194 Å². The third-order valence-corrected chi connectivity index (χ3v) is 12.4. The van der Waals surface area contributed by atoms with Crippen LogP contribution >= 0.6 is 0 Å². The summed E-state index contributed by atoms with van der Waals surface area (Å²) in [5.74, 6) is 0. The van der Waals surface area contributed by atoms with Crippen molar-refractivity contribution in [1.29, 1.82) is 0 Å². The van der Waals surface area contributed by atoms with Gasteiger partial charge < -0.3 is 22.2 Å². The molecule has 14 rings (SSSR count). The smallest absolute Gasteiger partial charge is 0.178 e. The molecule has 0 bridgehead atoms. The van der Waals surface area contributed by atoms with Crippen molar-refractivity contribution in [2.75, 3.05) is 0 Å². The summed E-state index contributed by atoms with van der Waals surface area (Å²) >= 11 is 0. The molecular weight excluding hydrogens is 727 g/mol. The van der Waals surface area contributed by atoms with Gasteiger partial charge in [-0.3, -0.25) is 0 Å². The van der Waals surface area contributed by atoms with E-state index in [2.05, 4.69) is 144 Å². The van der Waals surface area contributed by atoms with Crippen molar-refractivity contribution in [2.45, 2.75) is 0 Å².